The number of carbonyl (C=O) groups is 1. The van der Waals surface area contributed by atoms with Crippen LogP contribution in [-0.4, -0.2) is 12.6 Å². The minimum absolute atomic E-state index is 0.127. The van der Waals surface area contributed by atoms with Gasteiger partial charge in [-0.25, -0.2) is 0 Å². The molecule has 0 aliphatic heterocycles. The molecule has 0 N–H and O–H groups in total. The zero-order valence-corrected chi connectivity index (χ0v) is 41.1. The molecule has 0 radical (unpaired) electrons. The van der Waals surface area contributed by atoms with E-state index in [-0.39, 0.29) is 11.9 Å². The largest absolute Gasteiger partial charge is 0.465 e. The minimum Gasteiger partial charge on any atom is -0.465 e. The molecule has 0 aromatic heterocycles. The summed E-state index contributed by atoms with van der Waals surface area (Å²) < 4.78 is 6.31. The van der Waals surface area contributed by atoms with Crippen molar-refractivity contribution < 1.29 is 9.53 Å². The summed E-state index contributed by atoms with van der Waals surface area (Å²) in [5, 5.41) is 0. The number of unbranched alkanes of at least 4 members (excludes halogenated alkanes) is 40. The Balaban J connectivity index is 4.69. The molecule has 0 saturated carbocycles. The van der Waals surface area contributed by atoms with Gasteiger partial charge in [0.15, 0.2) is 0 Å². The Morgan fingerprint density at radius 3 is 0.690 bits per heavy atom. The van der Waals surface area contributed by atoms with Gasteiger partial charge in [-0.05, 0) is 31.6 Å². The molecule has 0 aliphatic carbocycles. The van der Waals surface area contributed by atoms with Crippen LogP contribution < -0.4 is 0 Å². The van der Waals surface area contributed by atoms with E-state index in [0.717, 1.165) is 12.8 Å². The highest BCUT2D eigenvalue weighted by Crippen LogP contribution is 2.25. The second-order valence-corrected chi connectivity index (χ2v) is 19.5. The average Bonchev–Trinajstić information content (AvgIpc) is 3.23. The van der Waals surface area contributed by atoms with E-state index in [2.05, 4.69) is 27.7 Å². The first-order chi connectivity index (χ1) is 28.7. The van der Waals surface area contributed by atoms with Crippen molar-refractivity contribution >= 4 is 5.97 Å². The number of hydrogen-bond acceptors (Lipinski definition) is 2. The molecule has 0 fully saturated rings. The van der Waals surface area contributed by atoms with Crippen LogP contribution in [0.15, 0.2) is 0 Å². The predicted octanol–water partition coefficient (Wildman–Crippen LogP) is 20.6. The third-order valence-electron chi connectivity index (χ3n) is 13.5. The van der Waals surface area contributed by atoms with Gasteiger partial charge in [0.25, 0.3) is 0 Å². The highest BCUT2D eigenvalue weighted by atomic mass is 16.5. The number of rotatable bonds is 51. The van der Waals surface area contributed by atoms with E-state index in [4.69, 9.17) is 4.74 Å². The van der Waals surface area contributed by atoms with Gasteiger partial charge in [-0.15, -0.1) is 0 Å². The summed E-state index contributed by atoms with van der Waals surface area (Å²) in [4.78, 5) is 13.7. The van der Waals surface area contributed by atoms with Crippen LogP contribution in [0.25, 0.3) is 0 Å². The summed E-state index contributed by atoms with van der Waals surface area (Å²) in [5.74, 6) is 0.841. The maximum Gasteiger partial charge on any atom is 0.308 e. The molecule has 2 nitrogen and oxygen atoms in total. The zero-order chi connectivity index (χ0) is 42.1. The van der Waals surface area contributed by atoms with E-state index in [0.29, 0.717) is 12.5 Å². The Hall–Kier alpha value is -0.530. The molecular formula is C56H112O2. The van der Waals surface area contributed by atoms with Crippen LogP contribution in [0.2, 0.25) is 0 Å². The number of ether oxygens (including phenoxy) is 1. The van der Waals surface area contributed by atoms with Gasteiger partial charge in [0.2, 0.25) is 0 Å². The quantitative estimate of drug-likeness (QED) is 0.0452. The standard InChI is InChI=1S/C56H112O2/c1-5-9-13-17-21-25-27-29-31-33-35-38-42-46-50-54(49-45-41-37-23-19-15-11-7-3)53-58-56(57)55(51-47-43-39-24-20-16-12-8-4)52-48-44-40-36-34-32-30-28-26-22-18-14-10-6-2/h54-55H,5-53H2,1-4H3. The van der Waals surface area contributed by atoms with Crippen molar-refractivity contribution in [1.29, 1.82) is 0 Å². The Morgan fingerprint density at radius 1 is 0.276 bits per heavy atom. The van der Waals surface area contributed by atoms with Gasteiger partial charge in [-0.1, -0.05) is 310 Å². The molecule has 0 bridgehead atoms. The molecule has 0 aromatic rings. The van der Waals surface area contributed by atoms with E-state index >= 15 is 0 Å². The lowest BCUT2D eigenvalue weighted by Crippen LogP contribution is -2.22. The first-order valence-corrected chi connectivity index (χ1v) is 27.9. The van der Waals surface area contributed by atoms with Crippen molar-refractivity contribution in [3.8, 4) is 0 Å². The second kappa shape index (κ2) is 50.8. The van der Waals surface area contributed by atoms with Crippen LogP contribution in [0.4, 0.5) is 0 Å². The molecule has 2 heteroatoms. The third kappa shape index (κ3) is 45.0. The van der Waals surface area contributed by atoms with Crippen molar-refractivity contribution in [3.05, 3.63) is 0 Å². The van der Waals surface area contributed by atoms with E-state index in [9.17, 15) is 4.79 Å². The molecule has 0 spiro atoms. The average molecular weight is 818 g/mol. The molecule has 0 aromatic carbocycles. The number of esters is 1. The first-order valence-electron chi connectivity index (χ1n) is 27.9. The van der Waals surface area contributed by atoms with Crippen molar-refractivity contribution in [2.24, 2.45) is 11.8 Å². The molecular weight excluding hydrogens is 705 g/mol. The van der Waals surface area contributed by atoms with Gasteiger partial charge in [0.1, 0.15) is 0 Å². The lowest BCUT2D eigenvalue weighted by atomic mass is 9.93. The van der Waals surface area contributed by atoms with Gasteiger partial charge in [0, 0.05) is 0 Å². The van der Waals surface area contributed by atoms with Crippen molar-refractivity contribution in [2.75, 3.05) is 6.61 Å². The maximum absolute atomic E-state index is 13.7. The maximum atomic E-state index is 13.7. The molecule has 0 amide bonds. The SMILES string of the molecule is CCCCCCCCCCCCCCCCC(CCCCCCCCCC)COC(=O)C(CCCCCCCCCC)CCCCCCCCCCCCCCCC. The van der Waals surface area contributed by atoms with Crippen LogP contribution in [0.5, 0.6) is 0 Å². The van der Waals surface area contributed by atoms with Gasteiger partial charge in [0.05, 0.1) is 12.5 Å². The van der Waals surface area contributed by atoms with Crippen LogP contribution >= 0.6 is 0 Å². The molecule has 58 heavy (non-hydrogen) atoms. The highest BCUT2D eigenvalue weighted by Gasteiger charge is 2.21. The summed E-state index contributed by atoms with van der Waals surface area (Å²) in [6, 6.07) is 0. The van der Waals surface area contributed by atoms with Gasteiger partial charge in [-0.2, -0.15) is 0 Å². The smallest absolute Gasteiger partial charge is 0.308 e. The lowest BCUT2D eigenvalue weighted by Gasteiger charge is -2.21. The molecule has 0 aliphatic rings. The minimum atomic E-state index is 0.127. The number of carbonyl (C=O) groups excluding carboxylic acids is 1. The van der Waals surface area contributed by atoms with E-state index in [1.165, 1.54) is 295 Å². The van der Waals surface area contributed by atoms with Crippen LogP contribution in [-0.2, 0) is 9.53 Å². The summed E-state index contributed by atoms with van der Waals surface area (Å²) in [6.45, 7) is 9.91. The fourth-order valence-electron chi connectivity index (χ4n) is 9.31. The predicted molar refractivity (Wildman–Crippen MR) is 262 cm³/mol. The summed E-state index contributed by atoms with van der Waals surface area (Å²) in [5.41, 5.74) is 0. The van der Waals surface area contributed by atoms with Crippen molar-refractivity contribution in [3.63, 3.8) is 0 Å². The third-order valence-corrected chi connectivity index (χ3v) is 13.5. The molecule has 0 saturated heterocycles. The summed E-state index contributed by atoms with van der Waals surface area (Å²) >= 11 is 0. The van der Waals surface area contributed by atoms with Crippen LogP contribution in [0, 0.1) is 11.8 Å². The molecule has 0 heterocycles. The van der Waals surface area contributed by atoms with Crippen molar-refractivity contribution in [1.82, 2.24) is 0 Å². The second-order valence-electron chi connectivity index (χ2n) is 19.5. The van der Waals surface area contributed by atoms with Gasteiger partial charge < -0.3 is 4.74 Å². The Bertz CT molecular complexity index is 747. The monoisotopic (exact) mass is 817 g/mol. The molecule has 0 rings (SSSR count). The number of hydrogen-bond donors (Lipinski definition) is 0. The van der Waals surface area contributed by atoms with Crippen LogP contribution in [0.3, 0.4) is 0 Å². The Morgan fingerprint density at radius 2 is 0.466 bits per heavy atom. The van der Waals surface area contributed by atoms with E-state index < -0.39 is 0 Å². The summed E-state index contributed by atoms with van der Waals surface area (Å²) in [7, 11) is 0. The van der Waals surface area contributed by atoms with Gasteiger partial charge >= 0.3 is 5.97 Å². The zero-order valence-electron chi connectivity index (χ0n) is 41.1. The Kier molecular flexibility index (Phi) is 50.4. The van der Waals surface area contributed by atoms with E-state index in [1.54, 1.807) is 0 Å². The van der Waals surface area contributed by atoms with Crippen molar-refractivity contribution in [2.45, 2.75) is 336 Å². The van der Waals surface area contributed by atoms with E-state index in [1.807, 2.05) is 0 Å². The topological polar surface area (TPSA) is 26.3 Å². The normalized spacial score (nSPS) is 12.7. The summed E-state index contributed by atoms with van der Waals surface area (Å²) in [6.07, 6.45) is 65.5. The Labute approximate surface area is 368 Å². The molecule has 2 unspecified atom stereocenters. The van der Waals surface area contributed by atoms with Gasteiger partial charge in [-0.3, -0.25) is 4.79 Å². The molecule has 2 atom stereocenters. The first kappa shape index (κ1) is 57.5. The van der Waals surface area contributed by atoms with Crippen LogP contribution in [0.1, 0.15) is 336 Å². The fraction of sp³-hybridized carbons (Fsp3) is 0.982. The fourth-order valence-corrected chi connectivity index (χ4v) is 9.31. The molecule has 348 valence electrons. The highest BCUT2D eigenvalue weighted by molar-refractivity contribution is 5.72. The lowest BCUT2D eigenvalue weighted by molar-refractivity contribution is -0.150.